The number of alkyl halides is 1. The molecule has 0 spiro atoms. The Balaban J connectivity index is 5.04. The molecule has 0 amide bonds. The normalized spacial score (nSPS) is 15.0. The van der Waals surface area contributed by atoms with Crippen LogP contribution in [0.5, 0.6) is 0 Å². The van der Waals surface area contributed by atoms with Gasteiger partial charge in [0.25, 0.3) is 0 Å². The van der Waals surface area contributed by atoms with Crippen LogP contribution in [0, 0.1) is 0 Å². The lowest BCUT2D eigenvalue weighted by Crippen LogP contribution is -2.57. The molecule has 5 heteroatoms. The van der Waals surface area contributed by atoms with Crippen molar-refractivity contribution in [1.82, 2.24) is 0 Å². The molecular formula is C12H27ClO3Si. The number of hydrogen-bond acceptors (Lipinski definition) is 3. The number of rotatable bonds is 8. The van der Waals surface area contributed by atoms with Gasteiger partial charge in [-0.25, -0.2) is 0 Å². The molecule has 0 aromatic heterocycles. The molecule has 3 nitrogen and oxygen atoms in total. The third kappa shape index (κ3) is 6.20. The fraction of sp³-hybridized carbons (Fsp3) is 1.00. The van der Waals surface area contributed by atoms with Crippen molar-refractivity contribution in [1.29, 1.82) is 0 Å². The van der Waals surface area contributed by atoms with Gasteiger partial charge in [0.2, 0.25) is 0 Å². The van der Waals surface area contributed by atoms with E-state index in [1.54, 1.807) is 0 Å². The molecular weight excluding hydrogens is 256 g/mol. The second-order valence-electron chi connectivity index (χ2n) is 4.98. The third-order valence-electron chi connectivity index (χ3n) is 1.94. The van der Waals surface area contributed by atoms with Crippen molar-refractivity contribution in [3.63, 3.8) is 0 Å². The molecule has 1 unspecified atom stereocenters. The van der Waals surface area contributed by atoms with Gasteiger partial charge in [-0.1, -0.05) is 6.92 Å². The van der Waals surface area contributed by atoms with Gasteiger partial charge in [-0.05, 0) is 48.0 Å². The third-order valence-corrected chi connectivity index (χ3v) is 6.63. The van der Waals surface area contributed by atoms with Crippen molar-refractivity contribution >= 4 is 20.4 Å². The van der Waals surface area contributed by atoms with Gasteiger partial charge in [0, 0.05) is 18.3 Å². The Hall–Kier alpha value is 0.387. The zero-order valence-electron chi connectivity index (χ0n) is 12.1. The van der Waals surface area contributed by atoms with Crippen LogP contribution in [0.1, 0.15) is 54.9 Å². The van der Waals surface area contributed by atoms with Crippen LogP contribution in [-0.4, -0.2) is 32.1 Å². The average Bonchev–Trinajstić information content (AvgIpc) is 2.12. The van der Waals surface area contributed by atoms with Crippen molar-refractivity contribution in [3.8, 4) is 0 Å². The van der Waals surface area contributed by atoms with Crippen LogP contribution in [0.3, 0.4) is 0 Å². The van der Waals surface area contributed by atoms with Gasteiger partial charge in [0.05, 0.1) is 0 Å². The van der Waals surface area contributed by atoms with Gasteiger partial charge in [-0.15, -0.1) is 11.6 Å². The summed E-state index contributed by atoms with van der Waals surface area (Å²) in [4.78, 5) is 0. The van der Waals surface area contributed by atoms with E-state index in [-0.39, 0.29) is 23.3 Å². The molecule has 0 N–H and O–H groups in total. The first-order chi connectivity index (χ1) is 7.73. The molecule has 17 heavy (non-hydrogen) atoms. The first-order valence-electron chi connectivity index (χ1n) is 6.41. The topological polar surface area (TPSA) is 27.7 Å². The molecule has 0 aliphatic carbocycles. The highest BCUT2D eigenvalue weighted by Gasteiger charge is 2.50. The van der Waals surface area contributed by atoms with E-state index in [0.29, 0.717) is 0 Å². The Kier molecular flexibility index (Phi) is 7.92. The molecule has 0 aromatic rings. The van der Waals surface area contributed by atoms with Crippen molar-refractivity contribution in [2.45, 2.75) is 78.2 Å². The summed E-state index contributed by atoms with van der Waals surface area (Å²) in [6.07, 6.45) is 0.922. The van der Waals surface area contributed by atoms with Crippen molar-refractivity contribution < 1.29 is 13.3 Å². The minimum atomic E-state index is -2.82. The molecule has 0 aliphatic rings. The van der Waals surface area contributed by atoms with Crippen LogP contribution >= 0.6 is 11.6 Å². The van der Waals surface area contributed by atoms with Crippen LogP contribution in [-0.2, 0) is 13.3 Å². The molecule has 1 atom stereocenters. The predicted octanol–water partition coefficient (Wildman–Crippen LogP) is 3.76. The number of halogens is 1. The van der Waals surface area contributed by atoms with E-state index in [1.807, 2.05) is 48.5 Å². The minimum absolute atomic E-state index is 0.0481. The fourth-order valence-electron chi connectivity index (χ4n) is 1.54. The minimum Gasteiger partial charge on any atom is -0.370 e. The van der Waals surface area contributed by atoms with E-state index in [1.165, 1.54) is 0 Å². The Labute approximate surface area is 112 Å². The quantitative estimate of drug-likeness (QED) is 0.501. The Bertz CT molecular complexity index is 183. The van der Waals surface area contributed by atoms with Crippen molar-refractivity contribution in [3.05, 3.63) is 0 Å². The maximum Gasteiger partial charge on any atom is 0.520 e. The Morgan fingerprint density at radius 1 is 0.824 bits per heavy atom. The molecule has 0 saturated carbocycles. The zero-order chi connectivity index (χ0) is 13.6. The lowest BCUT2D eigenvalue weighted by molar-refractivity contribution is 0.00104. The van der Waals surface area contributed by atoms with Gasteiger partial charge in [-0.3, -0.25) is 0 Å². The van der Waals surface area contributed by atoms with E-state index in [0.717, 1.165) is 6.42 Å². The van der Waals surface area contributed by atoms with Gasteiger partial charge in [0.1, 0.15) is 5.00 Å². The summed E-state index contributed by atoms with van der Waals surface area (Å²) < 4.78 is 17.9. The van der Waals surface area contributed by atoms with Crippen LogP contribution in [0.15, 0.2) is 0 Å². The maximum atomic E-state index is 6.41. The van der Waals surface area contributed by atoms with Crippen LogP contribution in [0.25, 0.3) is 0 Å². The van der Waals surface area contributed by atoms with Gasteiger partial charge in [0.15, 0.2) is 0 Å². The Morgan fingerprint density at radius 2 is 1.12 bits per heavy atom. The zero-order valence-corrected chi connectivity index (χ0v) is 13.9. The van der Waals surface area contributed by atoms with E-state index < -0.39 is 8.80 Å². The first-order valence-corrected chi connectivity index (χ1v) is 8.64. The molecule has 0 saturated heterocycles. The Morgan fingerprint density at radius 3 is 1.29 bits per heavy atom. The molecule has 0 aromatic carbocycles. The fourth-order valence-corrected chi connectivity index (χ4v) is 5.08. The van der Waals surface area contributed by atoms with E-state index in [2.05, 4.69) is 0 Å². The summed E-state index contributed by atoms with van der Waals surface area (Å²) in [5.74, 6) is 0. The maximum absolute atomic E-state index is 6.41. The summed E-state index contributed by atoms with van der Waals surface area (Å²) in [5.41, 5.74) is 0. The monoisotopic (exact) mass is 282 g/mol. The summed E-state index contributed by atoms with van der Waals surface area (Å²) >= 11 is 6.41. The first kappa shape index (κ1) is 17.4. The second kappa shape index (κ2) is 7.74. The van der Waals surface area contributed by atoms with Crippen LogP contribution in [0.4, 0.5) is 0 Å². The predicted molar refractivity (Wildman–Crippen MR) is 74.3 cm³/mol. The summed E-state index contributed by atoms with van der Waals surface area (Å²) in [7, 11) is -2.82. The van der Waals surface area contributed by atoms with E-state index in [4.69, 9.17) is 24.9 Å². The molecule has 0 radical (unpaired) electrons. The van der Waals surface area contributed by atoms with Crippen molar-refractivity contribution in [2.24, 2.45) is 0 Å². The smallest absolute Gasteiger partial charge is 0.370 e. The summed E-state index contributed by atoms with van der Waals surface area (Å²) in [6.45, 7) is 13.9. The highest BCUT2D eigenvalue weighted by atomic mass is 35.5. The highest BCUT2D eigenvalue weighted by Crippen LogP contribution is 2.26. The van der Waals surface area contributed by atoms with Gasteiger partial charge < -0.3 is 13.3 Å². The molecule has 0 rings (SSSR count). The molecule has 0 bridgehead atoms. The molecule has 0 fully saturated rings. The average molecular weight is 283 g/mol. The summed E-state index contributed by atoms with van der Waals surface area (Å²) in [6, 6.07) is 0. The lowest BCUT2D eigenvalue weighted by Gasteiger charge is -2.37. The molecule has 104 valence electrons. The SMILES string of the molecule is CCC(Cl)[Si](OC(C)C)(OC(C)C)OC(C)C. The molecule has 0 aliphatic heterocycles. The van der Waals surface area contributed by atoms with Crippen LogP contribution < -0.4 is 0 Å². The largest absolute Gasteiger partial charge is 0.520 e. The highest BCUT2D eigenvalue weighted by molar-refractivity contribution is 6.71. The van der Waals surface area contributed by atoms with Gasteiger partial charge >= 0.3 is 8.80 Å². The van der Waals surface area contributed by atoms with Crippen molar-refractivity contribution in [2.75, 3.05) is 0 Å². The van der Waals surface area contributed by atoms with Gasteiger partial charge in [-0.2, -0.15) is 0 Å². The summed E-state index contributed by atoms with van der Waals surface area (Å²) in [5, 5.41) is -0.199. The van der Waals surface area contributed by atoms with Crippen LogP contribution in [0.2, 0.25) is 0 Å². The van der Waals surface area contributed by atoms with E-state index in [9.17, 15) is 0 Å². The van der Waals surface area contributed by atoms with E-state index >= 15 is 0 Å². The second-order valence-corrected chi connectivity index (χ2v) is 8.48. The number of hydrogen-bond donors (Lipinski definition) is 0. The lowest BCUT2D eigenvalue weighted by atomic mass is 10.5. The standard InChI is InChI=1S/C12H27ClO3Si/c1-8-12(13)17(14-9(2)3,15-10(4)5)16-11(6)7/h9-12H,8H2,1-7H3. The molecule has 0 heterocycles.